The van der Waals surface area contributed by atoms with E-state index < -0.39 is 0 Å². The molecule has 0 bridgehead atoms. The van der Waals surface area contributed by atoms with Gasteiger partial charge >= 0.3 is 0 Å². The minimum Gasteiger partial charge on any atom is -0.454 e. The highest BCUT2D eigenvalue weighted by molar-refractivity contribution is 7.22. The number of carbonyl (C=O) groups excluding carboxylic acids is 1. The second-order valence-corrected chi connectivity index (χ2v) is 7.95. The van der Waals surface area contributed by atoms with Crippen molar-refractivity contribution in [1.29, 1.82) is 0 Å². The van der Waals surface area contributed by atoms with Gasteiger partial charge in [-0.15, -0.1) is 0 Å². The third-order valence-electron chi connectivity index (χ3n) is 5.09. The zero-order chi connectivity index (χ0) is 19.1. The molecule has 6 nitrogen and oxygen atoms in total. The molecule has 8 heteroatoms. The molecular formula is C20H18FN3O3S. The van der Waals surface area contributed by atoms with Crippen LogP contribution in [0.2, 0.25) is 0 Å². The summed E-state index contributed by atoms with van der Waals surface area (Å²) in [5.41, 5.74) is 1.81. The predicted octanol–water partition coefficient (Wildman–Crippen LogP) is 3.94. The predicted molar refractivity (Wildman–Crippen MR) is 104 cm³/mol. The van der Waals surface area contributed by atoms with E-state index in [-0.39, 0.29) is 31.1 Å². The lowest BCUT2D eigenvalue weighted by Crippen LogP contribution is -2.32. The maximum atomic E-state index is 13.3. The van der Waals surface area contributed by atoms with Crippen molar-refractivity contribution in [3.63, 3.8) is 0 Å². The van der Waals surface area contributed by atoms with Crippen LogP contribution in [0.1, 0.15) is 24.4 Å². The summed E-state index contributed by atoms with van der Waals surface area (Å²) in [6.45, 7) is 1.39. The molecule has 3 heterocycles. The van der Waals surface area contributed by atoms with Crippen LogP contribution in [0.5, 0.6) is 11.5 Å². The van der Waals surface area contributed by atoms with Crippen molar-refractivity contribution in [3.05, 3.63) is 47.8 Å². The molecule has 144 valence electrons. The van der Waals surface area contributed by atoms with E-state index in [0.717, 1.165) is 41.1 Å². The number of anilines is 1. The van der Waals surface area contributed by atoms with Crippen LogP contribution < -0.4 is 14.8 Å². The number of nitrogens with zero attached hydrogens (tertiary/aromatic N) is 2. The zero-order valence-corrected chi connectivity index (χ0v) is 15.8. The van der Waals surface area contributed by atoms with Crippen LogP contribution >= 0.6 is 11.3 Å². The molecule has 2 aromatic carbocycles. The molecule has 3 aromatic rings. The molecule has 2 aliphatic heterocycles. The highest BCUT2D eigenvalue weighted by atomic mass is 32.1. The smallest absolute Gasteiger partial charge is 0.240 e. The Bertz CT molecular complexity index is 1050. The second kappa shape index (κ2) is 7.03. The SMILES string of the molecule is O=C(CN1CCCC1c1ccc2c(c1)OCO2)Nc1nc2ccc(F)cc2s1. The Labute approximate surface area is 164 Å². The minimum absolute atomic E-state index is 0.118. The molecule has 5 rings (SSSR count). The number of benzene rings is 2. The number of aromatic nitrogens is 1. The van der Waals surface area contributed by atoms with Gasteiger partial charge in [-0.2, -0.15) is 0 Å². The molecule has 2 aliphatic rings. The average molecular weight is 399 g/mol. The lowest BCUT2D eigenvalue weighted by molar-refractivity contribution is -0.117. The van der Waals surface area contributed by atoms with Crippen molar-refractivity contribution in [2.75, 3.05) is 25.2 Å². The van der Waals surface area contributed by atoms with Gasteiger partial charge < -0.3 is 14.8 Å². The third-order valence-corrected chi connectivity index (χ3v) is 6.02. The Morgan fingerprint density at radius 3 is 3.07 bits per heavy atom. The van der Waals surface area contributed by atoms with E-state index in [4.69, 9.17) is 9.47 Å². The second-order valence-electron chi connectivity index (χ2n) is 6.92. The van der Waals surface area contributed by atoms with Gasteiger partial charge in [0.05, 0.1) is 16.8 Å². The van der Waals surface area contributed by atoms with Crippen LogP contribution in [0, 0.1) is 5.82 Å². The van der Waals surface area contributed by atoms with Crippen molar-refractivity contribution in [3.8, 4) is 11.5 Å². The van der Waals surface area contributed by atoms with Crippen molar-refractivity contribution in [2.24, 2.45) is 0 Å². The van der Waals surface area contributed by atoms with E-state index in [2.05, 4.69) is 15.2 Å². The van der Waals surface area contributed by atoms with E-state index in [1.165, 1.54) is 23.5 Å². The Morgan fingerprint density at radius 1 is 1.25 bits per heavy atom. The van der Waals surface area contributed by atoms with E-state index in [1.807, 2.05) is 18.2 Å². The zero-order valence-electron chi connectivity index (χ0n) is 15.0. The van der Waals surface area contributed by atoms with Crippen molar-refractivity contribution >= 4 is 32.6 Å². The Hall–Kier alpha value is -2.71. The summed E-state index contributed by atoms with van der Waals surface area (Å²) >= 11 is 1.28. The maximum absolute atomic E-state index is 13.3. The number of hydrogen-bond donors (Lipinski definition) is 1. The molecule has 1 atom stereocenters. The van der Waals surface area contributed by atoms with Gasteiger partial charge in [-0.1, -0.05) is 17.4 Å². The van der Waals surface area contributed by atoms with Gasteiger partial charge in [0.2, 0.25) is 12.7 Å². The molecule has 0 radical (unpaired) electrons. The van der Waals surface area contributed by atoms with Gasteiger partial charge in [-0.3, -0.25) is 9.69 Å². The van der Waals surface area contributed by atoms with Gasteiger partial charge in [-0.05, 0) is 55.3 Å². The highest BCUT2D eigenvalue weighted by Crippen LogP contribution is 2.38. The Kier molecular flexibility index (Phi) is 4.37. The van der Waals surface area contributed by atoms with Gasteiger partial charge in [-0.25, -0.2) is 9.37 Å². The molecule has 28 heavy (non-hydrogen) atoms. The lowest BCUT2D eigenvalue weighted by atomic mass is 10.0. The van der Waals surface area contributed by atoms with Gasteiger partial charge in [0.1, 0.15) is 5.82 Å². The molecule has 0 saturated carbocycles. The van der Waals surface area contributed by atoms with Crippen LogP contribution in [-0.2, 0) is 4.79 Å². The molecule has 0 spiro atoms. The first-order valence-electron chi connectivity index (χ1n) is 9.15. The van der Waals surface area contributed by atoms with Crippen LogP contribution in [0.25, 0.3) is 10.2 Å². The quantitative estimate of drug-likeness (QED) is 0.720. The number of ether oxygens (including phenoxy) is 2. The molecule has 1 saturated heterocycles. The summed E-state index contributed by atoms with van der Waals surface area (Å²) in [7, 11) is 0. The fourth-order valence-electron chi connectivity index (χ4n) is 3.81. The summed E-state index contributed by atoms with van der Waals surface area (Å²) in [5.74, 6) is 1.10. The van der Waals surface area contributed by atoms with Gasteiger partial charge in [0.15, 0.2) is 16.6 Å². The summed E-state index contributed by atoms with van der Waals surface area (Å²) in [6.07, 6.45) is 2.03. The maximum Gasteiger partial charge on any atom is 0.240 e. The average Bonchev–Trinajstić information content (AvgIpc) is 3.39. The first kappa shape index (κ1) is 17.4. The summed E-state index contributed by atoms with van der Waals surface area (Å²) in [5, 5.41) is 3.34. The van der Waals surface area contributed by atoms with Crippen molar-refractivity contribution in [2.45, 2.75) is 18.9 Å². The van der Waals surface area contributed by atoms with Gasteiger partial charge in [0, 0.05) is 6.04 Å². The van der Waals surface area contributed by atoms with Gasteiger partial charge in [0.25, 0.3) is 0 Å². The van der Waals surface area contributed by atoms with Crippen LogP contribution in [0.15, 0.2) is 36.4 Å². The number of amides is 1. The van der Waals surface area contributed by atoms with Crippen molar-refractivity contribution in [1.82, 2.24) is 9.88 Å². The number of hydrogen-bond acceptors (Lipinski definition) is 6. The highest BCUT2D eigenvalue weighted by Gasteiger charge is 2.29. The molecule has 1 amide bonds. The first-order chi connectivity index (χ1) is 13.7. The Morgan fingerprint density at radius 2 is 2.14 bits per heavy atom. The molecule has 1 unspecified atom stereocenters. The molecule has 0 aliphatic carbocycles. The third kappa shape index (κ3) is 3.29. The number of thiazole rings is 1. The molecular weight excluding hydrogens is 381 g/mol. The number of carbonyl (C=O) groups is 1. The Balaban J connectivity index is 1.28. The van der Waals surface area contributed by atoms with E-state index >= 15 is 0 Å². The summed E-state index contributed by atoms with van der Waals surface area (Å²) in [4.78, 5) is 19.1. The number of fused-ring (bicyclic) bond motifs is 2. The fraction of sp³-hybridized carbons (Fsp3) is 0.300. The van der Waals surface area contributed by atoms with Crippen LogP contribution in [0.4, 0.5) is 9.52 Å². The van der Waals surface area contributed by atoms with E-state index in [9.17, 15) is 9.18 Å². The number of nitrogens with one attached hydrogen (secondary N) is 1. The number of likely N-dealkylation sites (tertiary alicyclic amines) is 1. The largest absolute Gasteiger partial charge is 0.454 e. The lowest BCUT2D eigenvalue weighted by Gasteiger charge is -2.24. The summed E-state index contributed by atoms with van der Waals surface area (Å²) in [6, 6.07) is 10.6. The molecule has 1 fully saturated rings. The van der Waals surface area contributed by atoms with Crippen LogP contribution in [-0.4, -0.2) is 35.7 Å². The standard InChI is InChI=1S/C20H18FN3O3S/c21-13-4-5-14-18(9-13)28-20(22-14)23-19(25)10-24-7-1-2-15(24)12-3-6-16-17(8-12)27-11-26-16/h3-6,8-9,15H,1-2,7,10-11H2,(H,22,23,25). The summed E-state index contributed by atoms with van der Waals surface area (Å²) < 4.78 is 24.9. The molecule has 1 N–H and O–H groups in total. The van der Waals surface area contributed by atoms with Crippen LogP contribution in [0.3, 0.4) is 0 Å². The molecule has 1 aromatic heterocycles. The fourth-order valence-corrected chi connectivity index (χ4v) is 4.72. The number of halogens is 1. The van der Waals surface area contributed by atoms with E-state index in [1.54, 1.807) is 6.07 Å². The number of rotatable bonds is 4. The van der Waals surface area contributed by atoms with Crippen molar-refractivity contribution < 1.29 is 18.7 Å². The monoisotopic (exact) mass is 399 g/mol. The first-order valence-corrected chi connectivity index (χ1v) is 9.97. The minimum atomic E-state index is -0.308. The van der Waals surface area contributed by atoms with E-state index in [0.29, 0.717) is 10.6 Å². The topological polar surface area (TPSA) is 63.7 Å². The normalized spacial score (nSPS) is 18.7.